The van der Waals surface area contributed by atoms with Crippen LogP contribution in [0, 0.1) is 0 Å². The Labute approximate surface area is 124 Å². The summed E-state index contributed by atoms with van der Waals surface area (Å²) in [7, 11) is 3.36. The second-order valence-corrected chi connectivity index (χ2v) is 5.27. The van der Waals surface area contributed by atoms with Crippen molar-refractivity contribution >= 4 is 15.9 Å². The first kappa shape index (κ1) is 16.3. The zero-order valence-electron chi connectivity index (χ0n) is 12.3. The molecule has 1 N–H and O–H groups in total. The maximum absolute atomic E-state index is 5.50. The van der Waals surface area contributed by atoms with Gasteiger partial charge in [-0.2, -0.15) is 0 Å². The summed E-state index contributed by atoms with van der Waals surface area (Å²) in [6.07, 6.45) is 3.25. The molecule has 1 atom stereocenters. The quantitative estimate of drug-likeness (QED) is 0.787. The SMILES string of the molecule is CCNC(CC)CCc1ccc(OC)c(Br)c1OC. The Bertz CT molecular complexity index is 396. The Morgan fingerprint density at radius 1 is 1.21 bits per heavy atom. The lowest BCUT2D eigenvalue weighted by Gasteiger charge is -2.18. The molecule has 0 aliphatic rings. The van der Waals surface area contributed by atoms with Crippen molar-refractivity contribution in [3.8, 4) is 11.5 Å². The lowest BCUT2D eigenvalue weighted by Crippen LogP contribution is -2.28. The number of ether oxygens (including phenoxy) is 2. The summed E-state index contributed by atoms with van der Waals surface area (Å²) in [6.45, 7) is 5.38. The Morgan fingerprint density at radius 2 is 1.95 bits per heavy atom. The van der Waals surface area contributed by atoms with Crippen molar-refractivity contribution in [3.05, 3.63) is 22.2 Å². The first-order valence-corrected chi connectivity index (χ1v) is 7.59. The van der Waals surface area contributed by atoms with Gasteiger partial charge in [0.15, 0.2) is 0 Å². The van der Waals surface area contributed by atoms with Crippen molar-refractivity contribution in [3.63, 3.8) is 0 Å². The fraction of sp³-hybridized carbons (Fsp3) is 0.600. The van der Waals surface area contributed by atoms with Crippen molar-refractivity contribution in [2.24, 2.45) is 0 Å². The van der Waals surface area contributed by atoms with E-state index in [2.05, 4.69) is 41.2 Å². The molecule has 1 aromatic rings. The highest BCUT2D eigenvalue weighted by atomic mass is 79.9. The maximum Gasteiger partial charge on any atom is 0.139 e. The molecule has 0 heterocycles. The van der Waals surface area contributed by atoms with Crippen LogP contribution in [0.3, 0.4) is 0 Å². The zero-order chi connectivity index (χ0) is 14.3. The van der Waals surface area contributed by atoms with Crippen molar-refractivity contribution in [1.29, 1.82) is 0 Å². The van der Waals surface area contributed by atoms with Gasteiger partial charge in [0.2, 0.25) is 0 Å². The first-order chi connectivity index (χ1) is 9.17. The fourth-order valence-corrected chi connectivity index (χ4v) is 2.93. The molecule has 19 heavy (non-hydrogen) atoms. The summed E-state index contributed by atoms with van der Waals surface area (Å²) >= 11 is 3.54. The van der Waals surface area contributed by atoms with E-state index in [1.54, 1.807) is 14.2 Å². The van der Waals surface area contributed by atoms with Crippen LogP contribution in [0.5, 0.6) is 11.5 Å². The van der Waals surface area contributed by atoms with E-state index in [1.807, 2.05) is 6.07 Å². The molecule has 0 radical (unpaired) electrons. The van der Waals surface area contributed by atoms with E-state index >= 15 is 0 Å². The number of hydrogen-bond donors (Lipinski definition) is 1. The molecule has 108 valence electrons. The average molecular weight is 330 g/mol. The van der Waals surface area contributed by atoms with Gasteiger partial charge in [0, 0.05) is 6.04 Å². The third kappa shape index (κ3) is 4.39. The van der Waals surface area contributed by atoms with Crippen LogP contribution in [0.25, 0.3) is 0 Å². The highest BCUT2D eigenvalue weighted by Crippen LogP contribution is 2.37. The van der Waals surface area contributed by atoms with Crippen LogP contribution < -0.4 is 14.8 Å². The van der Waals surface area contributed by atoms with Gasteiger partial charge in [-0.1, -0.05) is 19.9 Å². The largest absolute Gasteiger partial charge is 0.495 e. The summed E-state index contributed by atoms with van der Waals surface area (Å²) < 4.78 is 11.7. The van der Waals surface area contributed by atoms with E-state index in [-0.39, 0.29) is 0 Å². The van der Waals surface area contributed by atoms with Crippen molar-refractivity contribution in [1.82, 2.24) is 5.32 Å². The van der Waals surface area contributed by atoms with Gasteiger partial charge in [-0.25, -0.2) is 0 Å². The van der Waals surface area contributed by atoms with Crippen LogP contribution in [0.1, 0.15) is 32.3 Å². The smallest absolute Gasteiger partial charge is 0.139 e. The zero-order valence-corrected chi connectivity index (χ0v) is 13.8. The van der Waals surface area contributed by atoms with Gasteiger partial charge in [-0.05, 0) is 53.4 Å². The van der Waals surface area contributed by atoms with Crippen LogP contribution >= 0.6 is 15.9 Å². The number of methoxy groups -OCH3 is 2. The highest BCUT2D eigenvalue weighted by molar-refractivity contribution is 9.10. The Balaban J connectivity index is 2.80. The van der Waals surface area contributed by atoms with E-state index in [0.717, 1.165) is 41.8 Å². The lowest BCUT2D eigenvalue weighted by molar-refractivity contribution is 0.384. The van der Waals surface area contributed by atoms with Crippen LogP contribution in [-0.4, -0.2) is 26.8 Å². The molecule has 0 saturated carbocycles. The standard InChI is InChI=1S/C15H24BrNO2/c1-5-12(17-6-2)9-7-11-8-10-13(18-3)14(16)15(11)19-4/h8,10,12,17H,5-7,9H2,1-4H3. The Morgan fingerprint density at radius 3 is 2.47 bits per heavy atom. The third-order valence-electron chi connectivity index (χ3n) is 3.31. The topological polar surface area (TPSA) is 30.5 Å². The summed E-state index contributed by atoms with van der Waals surface area (Å²) in [5, 5.41) is 3.50. The molecular weight excluding hydrogens is 306 g/mol. The molecule has 0 bridgehead atoms. The van der Waals surface area contributed by atoms with E-state index in [4.69, 9.17) is 9.47 Å². The van der Waals surface area contributed by atoms with Gasteiger partial charge in [0.25, 0.3) is 0 Å². The molecule has 0 amide bonds. The number of aryl methyl sites for hydroxylation is 1. The molecule has 0 fully saturated rings. The third-order valence-corrected chi connectivity index (χ3v) is 4.07. The van der Waals surface area contributed by atoms with Crippen molar-refractivity contribution in [2.75, 3.05) is 20.8 Å². The number of halogens is 1. The Kier molecular flexibility index (Phi) is 7.24. The second kappa shape index (κ2) is 8.43. The normalized spacial score (nSPS) is 12.3. The average Bonchev–Trinajstić information content (AvgIpc) is 2.43. The minimum Gasteiger partial charge on any atom is -0.495 e. The van der Waals surface area contributed by atoms with Gasteiger partial charge in [0.1, 0.15) is 16.0 Å². The molecule has 0 saturated heterocycles. The number of hydrogen-bond acceptors (Lipinski definition) is 3. The Hall–Kier alpha value is -0.740. The fourth-order valence-electron chi connectivity index (χ4n) is 2.22. The molecule has 1 rings (SSSR count). The minimum absolute atomic E-state index is 0.565. The number of rotatable bonds is 8. The molecule has 0 spiro atoms. The molecule has 0 aliphatic heterocycles. The van der Waals surface area contributed by atoms with E-state index in [9.17, 15) is 0 Å². The first-order valence-electron chi connectivity index (χ1n) is 6.80. The summed E-state index contributed by atoms with van der Waals surface area (Å²) in [4.78, 5) is 0. The molecule has 3 nitrogen and oxygen atoms in total. The molecule has 4 heteroatoms. The van der Waals surface area contributed by atoms with Crippen LogP contribution in [0.2, 0.25) is 0 Å². The second-order valence-electron chi connectivity index (χ2n) is 4.48. The minimum atomic E-state index is 0.565. The lowest BCUT2D eigenvalue weighted by atomic mass is 10.0. The highest BCUT2D eigenvalue weighted by Gasteiger charge is 2.14. The van der Waals surface area contributed by atoms with Gasteiger partial charge < -0.3 is 14.8 Å². The number of nitrogens with one attached hydrogen (secondary N) is 1. The van der Waals surface area contributed by atoms with Crippen LogP contribution in [-0.2, 0) is 6.42 Å². The van der Waals surface area contributed by atoms with Gasteiger partial charge in [-0.3, -0.25) is 0 Å². The van der Waals surface area contributed by atoms with Crippen molar-refractivity contribution < 1.29 is 9.47 Å². The molecule has 1 aromatic carbocycles. The van der Waals surface area contributed by atoms with Gasteiger partial charge >= 0.3 is 0 Å². The van der Waals surface area contributed by atoms with E-state index < -0.39 is 0 Å². The maximum atomic E-state index is 5.50. The number of benzene rings is 1. The van der Waals surface area contributed by atoms with Crippen molar-refractivity contribution in [2.45, 2.75) is 39.2 Å². The molecule has 1 unspecified atom stereocenters. The summed E-state index contributed by atoms with van der Waals surface area (Å²) in [6, 6.07) is 4.63. The summed E-state index contributed by atoms with van der Waals surface area (Å²) in [5.41, 5.74) is 1.21. The summed E-state index contributed by atoms with van der Waals surface area (Å²) in [5.74, 6) is 1.69. The predicted molar refractivity (Wildman–Crippen MR) is 83.3 cm³/mol. The van der Waals surface area contributed by atoms with E-state index in [0.29, 0.717) is 6.04 Å². The monoisotopic (exact) mass is 329 g/mol. The van der Waals surface area contributed by atoms with E-state index in [1.165, 1.54) is 5.56 Å². The molecular formula is C15H24BrNO2. The van der Waals surface area contributed by atoms with Gasteiger partial charge in [-0.15, -0.1) is 0 Å². The van der Waals surface area contributed by atoms with Crippen LogP contribution in [0.4, 0.5) is 0 Å². The molecule has 0 aromatic heterocycles. The molecule has 0 aliphatic carbocycles. The predicted octanol–water partition coefficient (Wildman–Crippen LogP) is 3.79. The van der Waals surface area contributed by atoms with Gasteiger partial charge in [0.05, 0.1) is 14.2 Å². The van der Waals surface area contributed by atoms with Crippen LogP contribution in [0.15, 0.2) is 16.6 Å².